The molecule has 0 saturated heterocycles. The molecule has 0 aromatic heterocycles. The molecule has 1 aliphatic rings. The fourth-order valence-electron chi connectivity index (χ4n) is 1.06. The van der Waals surface area contributed by atoms with Gasteiger partial charge in [-0.25, -0.2) is 4.79 Å². The number of aliphatic imine (C=N–C) groups is 1. The van der Waals surface area contributed by atoms with Crippen LogP contribution in [-0.4, -0.2) is 30.4 Å². The van der Waals surface area contributed by atoms with Crippen LogP contribution in [0, 0.1) is 0 Å². The summed E-state index contributed by atoms with van der Waals surface area (Å²) in [5.74, 6) is 0.0316. The zero-order chi connectivity index (χ0) is 9.84. The predicted octanol–water partition coefficient (Wildman–Crippen LogP) is -1.04. The Morgan fingerprint density at radius 3 is 2.92 bits per heavy atom. The minimum absolute atomic E-state index is 0.146. The highest BCUT2D eigenvalue weighted by Crippen LogP contribution is 2.00. The third-order valence-corrected chi connectivity index (χ3v) is 1.65. The molecule has 0 spiro atoms. The maximum atomic E-state index is 11.1. The average molecular weight is 184 g/mol. The number of amidine groups is 1. The number of rotatable bonds is 3. The quantitative estimate of drug-likeness (QED) is 0.522. The summed E-state index contributed by atoms with van der Waals surface area (Å²) in [7, 11) is 0. The normalized spacial score (nSPS) is 20.8. The zero-order valence-electron chi connectivity index (χ0n) is 7.33. The highest BCUT2D eigenvalue weighted by atomic mass is 16.2. The number of nitrogens with two attached hydrogens (primary N) is 1. The van der Waals surface area contributed by atoms with Gasteiger partial charge in [-0.1, -0.05) is 0 Å². The number of hydrogen-bond acceptors (Lipinski definition) is 3. The molecule has 1 unspecified atom stereocenters. The first-order valence-electron chi connectivity index (χ1n) is 4.04. The van der Waals surface area contributed by atoms with E-state index in [0.717, 1.165) is 0 Å². The largest absolute Gasteiger partial charge is 0.385 e. The van der Waals surface area contributed by atoms with Gasteiger partial charge in [-0.3, -0.25) is 4.79 Å². The molecule has 6 nitrogen and oxygen atoms in total. The second-order valence-corrected chi connectivity index (χ2v) is 2.70. The highest BCUT2D eigenvalue weighted by Gasteiger charge is 2.25. The van der Waals surface area contributed by atoms with Gasteiger partial charge in [-0.05, 0) is 6.92 Å². The standard InChI is InChI=1S/C7H12N4O2/c1-2-9-5(12)3-4-6(8)11-7(13)10-4/h4H,2-3H2,1H3,(H,9,12)(H3,8,10,11,13). The Bertz CT molecular complexity index is 261. The van der Waals surface area contributed by atoms with Crippen LogP contribution in [-0.2, 0) is 4.79 Å². The van der Waals surface area contributed by atoms with E-state index in [1.54, 1.807) is 0 Å². The Labute approximate surface area is 75.6 Å². The molecule has 0 saturated carbocycles. The second kappa shape index (κ2) is 3.88. The lowest BCUT2D eigenvalue weighted by molar-refractivity contribution is -0.121. The van der Waals surface area contributed by atoms with Gasteiger partial charge in [0.15, 0.2) is 0 Å². The van der Waals surface area contributed by atoms with Crippen molar-refractivity contribution in [3.63, 3.8) is 0 Å². The van der Waals surface area contributed by atoms with Crippen molar-refractivity contribution >= 4 is 17.8 Å². The Morgan fingerprint density at radius 1 is 1.77 bits per heavy atom. The molecule has 13 heavy (non-hydrogen) atoms. The third kappa shape index (κ3) is 2.43. The van der Waals surface area contributed by atoms with Crippen molar-refractivity contribution in [1.82, 2.24) is 10.6 Å². The van der Waals surface area contributed by atoms with Crippen LogP contribution in [0.2, 0.25) is 0 Å². The van der Waals surface area contributed by atoms with E-state index in [1.165, 1.54) is 0 Å². The van der Waals surface area contributed by atoms with Gasteiger partial charge in [0.1, 0.15) is 5.84 Å². The molecule has 0 fully saturated rings. The van der Waals surface area contributed by atoms with E-state index in [1.807, 2.05) is 6.92 Å². The molecular formula is C7H12N4O2. The summed E-state index contributed by atoms with van der Waals surface area (Å²) < 4.78 is 0. The molecule has 0 radical (unpaired) electrons. The van der Waals surface area contributed by atoms with E-state index < -0.39 is 12.1 Å². The van der Waals surface area contributed by atoms with Crippen LogP contribution in [0.3, 0.4) is 0 Å². The van der Waals surface area contributed by atoms with Crippen LogP contribution < -0.4 is 16.4 Å². The van der Waals surface area contributed by atoms with Gasteiger partial charge in [0.2, 0.25) is 5.91 Å². The van der Waals surface area contributed by atoms with Gasteiger partial charge in [0, 0.05) is 6.54 Å². The summed E-state index contributed by atoms with van der Waals surface area (Å²) >= 11 is 0. The molecule has 0 aromatic rings. The van der Waals surface area contributed by atoms with Gasteiger partial charge < -0.3 is 16.4 Å². The van der Waals surface area contributed by atoms with Crippen LogP contribution in [0.25, 0.3) is 0 Å². The highest BCUT2D eigenvalue weighted by molar-refractivity contribution is 6.04. The summed E-state index contributed by atoms with van der Waals surface area (Å²) in [6, 6.07) is -0.925. The summed E-state index contributed by atoms with van der Waals surface area (Å²) in [5, 5.41) is 5.07. The van der Waals surface area contributed by atoms with Crippen LogP contribution in [0.1, 0.15) is 13.3 Å². The minimum atomic E-state index is -0.480. The molecule has 1 aliphatic heterocycles. The molecular weight excluding hydrogens is 172 g/mol. The lowest BCUT2D eigenvalue weighted by Gasteiger charge is -2.09. The van der Waals surface area contributed by atoms with Gasteiger partial charge in [0.25, 0.3) is 0 Å². The van der Waals surface area contributed by atoms with Crippen LogP contribution >= 0.6 is 0 Å². The molecule has 1 rings (SSSR count). The summed E-state index contributed by atoms with van der Waals surface area (Å²) in [4.78, 5) is 25.2. The lowest BCUT2D eigenvalue weighted by Crippen LogP contribution is -2.40. The van der Waals surface area contributed by atoms with Gasteiger partial charge >= 0.3 is 6.03 Å². The first kappa shape index (κ1) is 9.50. The Balaban J connectivity index is 2.43. The third-order valence-electron chi connectivity index (χ3n) is 1.65. The predicted molar refractivity (Wildman–Crippen MR) is 47.2 cm³/mol. The zero-order valence-corrected chi connectivity index (χ0v) is 7.33. The van der Waals surface area contributed by atoms with Gasteiger partial charge in [-0.15, -0.1) is 0 Å². The maximum absolute atomic E-state index is 11.1. The lowest BCUT2D eigenvalue weighted by atomic mass is 10.2. The summed E-state index contributed by atoms with van der Waals surface area (Å²) in [6.45, 7) is 2.39. The molecule has 0 bridgehead atoms. The van der Waals surface area contributed by atoms with E-state index >= 15 is 0 Å². The molecule has 0 aliphatic carbocycles. The van der Waals surface area contributed by atoms with Crippen molar-refractivity contribution in [3.05, 3.63) is 0 Å². The number of hydrogen-bond donors (Lipinski definition) is 3. The van der Waals surface area contributed by atoms with E-state index in [0.29, 0.717) is 6.54 Å². The Morgan fingerprint density at radius 2 is 2.46 bits per heavy atom. The SMILES string of the molecule is CCNC(=O)CC1NC(=O)N=C1N. The number of urea groups is 1. The molecule has 4 N–H and O–H groups in total. The van der Waals surface area contributed by atoms with E-state index in [9.17, 15) is 9.59 Å². The van der Waals surface area contributed by atoms with Crippen molar-refractivity contribution in [3.8, 4) is 0 Å². The number of carbonyl (C=O) groups is 2. The average Bonchev–Trinajstić information content (AvgIpc) is 2.30. The van der Waals surface area contributed by atoms with Crippen LogP contribution in [0.5, 0.6) is 0 Å². The van der Waals surface area contributed by atoms with Crippen LogP contribution in [0.4, 0.5) is 4.79 Å². The smallest absolute Gasteiger partial charge is 0.343 e. The van der Waals surface area contributed by atoms with Gasteiger partial charge in [-0.2, -0.15) is 4.99 Å². The maximum Gasteiger partial charge on any atom is 0.343 e. The molecule has 1 heterocycles. The van der Waals surface area contributed by atoms with Crippen molar-refractivity contribution in [2.45, 2.75) is 19.4 Å². The summed E-state index contributed by atoms with van der Waals surface area (Å²) in [5.41, 5.74) is 5.40. The molecule has 3 amide bonds. The first-order valence-corrected chi connectivity index (χ1v) is 4.04. The minimum Gasteiger partial charge on any atom is -0.385 e. The topological polar surface area (TPSA) is 96.6 Å². The second-order valence-electron chi connectivity index (χ2n) is 2.70. The number of nitrogens with zero attached hydrogens (tertiary/aromatic N) is 1. The van der Waals surface area contributed by atoms with Crippen molar-refractivity contribution in [1.29, 1.82) is 0 Å². The fourth-order valence-corrected chi connectivity index (χ4v) is 1.06. The summed E-state index contributed by atoms with van der Waals surface area (Å²) in [6.07, 6.45) is 0.148. The van der Waals surface area contributed by atoms with Crippen molar-refractivity contribution < 1.29 is 9.59 Å². The number of carbonyl (C=O) groups excluding carboxylic acids is 2. The van der Waals surface area contributed by atoms with Gasteiger partial charge in [0.05, 0.1) is 12.5 Å². The van der Waals surface area contributed by atoms with E-state index in [2.05, 4.69) is 15.6 Å². The molecule has 6 heteroatoms. The fraction of sp³-hybridized carbons (Fsp3) is 0.571. The van der Waals surface area contributed by atoms with Crippen molar-refractivity contribution in [2.24, 2.45) is 10.7 Å². The monoisotopic (exact) mass is 184 g/mol. The molecule has 72 valence electrons. The Hall–Kier alpha value is -1.59. The van der Waals surface area contributed by atoms with E-state index in [-0.39, 0.29) is 18.2 Å². The number of nitrogens with one attached hydrogen (secondary N) is 2. The first-order chi connectivity index (χ1) is 6.13. The Kier molecular flexibility index (Phi) is 2.84. The number of amides is 3. The van der Waals surface area contributed by atoms with Crippen LogP contribution in [0.15, 0.2) is 4.99 Å². The molecule has 0 aromatic carbocycles. The molecule has 1 atom stereocenters. The van der Waals surface area contributed by atoms with Crippen molar-refractivity contribution in [2.75, 3.05) is 6.54 Å². The van der Waals surface area contributed by atoms with E-state index in [4.69, 9.17) is 5.73 Å².